The van der Waals surface area contributed by atoms with Crippen molar-refractivity contribution in [3.8, 4) is 0 Å². The van der Waals surface area contributed by atoms with E-state index in [-0.39, 0.29) is 5.91 Å². The first-order valence-corrected chi connectivity index (χ1v) is 5.53. The molecule has 1 aromatic rings. The fourth-order valence-electron chi connectivity index (χ4n) is 1.92. The van der Waals surface area contributed by atoms with Crippen molar-refractivity contribution in [1.29, 1.82) is 0 Å². The molecular formula is C13H16NO. The molecule has 0 N–H and O–H groups in total. The van der Waals surface area contributed by atoms with E-state index in [1.54, 1.807) is 12.1 Å². The number of likely N-dealkylation sites (tertiary alicyclic amines) is 1. The molecule has 2 rings (SSSR count). The summed E-state index contributed by atoms with van der Waals surface area (Å²) in [7, 11) is 0. The number of amides is 1. The van der Waals surface area contributed by atoms with Crippen LogP contribution in [-0.2, 0) is 0 Å². The van der Waals surface area contributed by atoms with Gasteiger partial charge in [0, 0.05) is 18.7 Å². The number of hydrogen-bond donors (Lipinski definition) is 0. The Morgan fingerprint density at radius 2 is 1.93 bits per heavy atom. The molecule has 2 heteroatoms. The molecule has 2 nitrogen and oxygen atoms in total. The van der Waals surface area contributed by atoms with Gasteiger partial charge >= 0.3 is 0 Å². The minimum absolute atomic E-state index is 0.163. The van der Waals surface area contributed by atoms with Crippen LogP contribution in [0.4, 0.5) is 0 Å². The summed E-state index contributed by atoms with van der Waals surface area (Å²) in [5, 5.41) is 0. The van der Waals surface area contributed by atoms with Crippen LogP contribution >= 0.6 is 0 Å². The van der Waals surface area contributed by atoms with E-state index in [1.165, 1.54) is 0 Å². The molecule has 1 aliphatic rings. The highest BCUT2D eigenvalue weighted by Crippen LogP contribution is 2.17. The molecule has 1 aromatic carbocycles. The predicted molar refractivity (Wildman–Crippen MR) is 59.6 cm³/mol. The van der Waals surface area contributed by atoms with Crippen molar-refractivity contribution in [3.63, 3.8) is 0 Å². The lowest BCUT2D eigenvalue weighted by Gasteiger charge is -2.30. The van der Waals surface area contributed by atoms with Gasteiger partial charge in [-0.05, 0) is 37.0 Å². The number of piperidine rings is 1. The largest absolute Gasteiger partial charge is 0.339 e. The third kappa shape index (κ3) is 2.38. The summed E-state index contributed by atoms with van der Waals surface area (Å²) in [6.45, 7) is 4.05. The molecule has 1 amide bonds. The predicted octanol–water partition coefficient (Wildman–Crippen LogP) is 2.36. The topological polar surface area (TPSA) is 20.3 Å². The van der Waals surface area contributed by atoms with Gasteiger partial charge in [0.2, 0.25) is 0 Å². The maximum absolute atomic E-state index is 12.0. The summed E-state index contributed by atoms with van der Waals surface area (Å²) < 4.78 is 0. The van der Waals surface area contributed by atoms with E-state index in [9.17, 15) is 4.79 Å². The minimum Gasteiger partial charge on any atom is -0.339 e. The van der Waals surface area contributed by atoms with Crippen LogP contribution < -0.4 is 0 Å². The highest BCUT2D eigenvalue weighted by Gasteiger charge is 2.20. The quantitative estimate of drug-likeness (QED) is 0.684. The average molecular weight is 202 g/mol. The first-order chi connectivity index (χ1) is 7.27. The van der Waals surface area contributed by atoms with Gasteiger partial charge in [-0.2, -0.15) is 0 Å². The van der Waals surface area contributed by atoms with Crippen molar-refractivity contribution < 1.29 is 4.79 Å². The average Bonchev–Trinajstić information content (AvgIpc) is 2.30. The molecule has 0 spiro atoms. The van der Waals surface area contributed by atoms with Crippen molar-refractivity contribution in [3.05, 3.63) is 35.9 Å². The lowest BCUT2D eigenvalue weighted by Crippen LogP contribution is -2.37. The molecule has 0 atom stereocenters. The molecule has 1 heterocycles. The van der Waals surface area contributed by atoms with E-state index in [2.05, 4.69) is 13.0 Å². The van der Waals surface area contributed by atoms with Crippen LogP contribution in [0.3, 0.4) is 0 Å². The van der Waals surface area contributed by atoms with Gasteiger partial charge in [0.05, 0.1) is 0 Å². The van der Waals surface area contributed by atoms with Crippen LogP contribution in [0, 0.1) is 12.0 Å². The van der Waals surface area contributed by atoms with Gasteiger partial charge in [-0.15, -0.1) is 0 Å². The lowest BCUT2D eigenvalue weighted by atomic mass is 9.98. The number of rotatable bonds is 1. The Balaban J connectivity index is 2.03. The van der Waals surface area contributed by atoms with E-state index >= 15 is 0 Å². The van der Waals surface area contributed by atoms with E-state index < -0.39 is 0 Å². The van der Waals surface area contributed by atoms with Crippen LogP contribution in [0.15, 0.2) is 24.3 Å². The van der Waals surface area contributed by atoms with Gasteiger partial charge in [0.1, 0.15) is 0 Å². The highest BCUT2D eigenvalue weighted by atomic mass is 16.2. The second-order valence-electron chi connectivity index (χ2n) is 4.26. The molecule has 0 unspecified atom stereocenters. The number of hydrogen-bond acceptors (Lipinski definition) is 1. The van der Waals surface area contributed by atoms with Crippen molar-refractivity contribution in [2.75, 3.05) is 13.1 Å². The number of nitrogens with zero attached hydrogens (tertiary/aromatic N) is 1. The summed E-state index contributed by atoms with van der Waals surface area (Å²) in [5.74, 6) is 0.925. The fraction of sp³-hybridized carbons (Fsp3) is 0.462. The maximum Gasteiger partial charge on any atom is 0.253 e. The van der Waals surface area contributed by atoms with Gasteiger partial charge in [0.25, 0.3) is 5.91 Å². The lowest BCUT2D eigenvalue weighted by molar-refractivity contribution is 0.0697. The van der Waals surface area contributed by atoms with Crippen molar-refractivity contribution in [1.82, 2.24) is 4.90 Å². The van der Waals surface area contributed by atoms with E-state index in [0.29, 0.717) is 0 Å². The molecule has 1 saturated heterocycles. The zero-order valence-corrected chi connectivity index (χ0v) is 9.07. The van der Waals surface area contributed by atoms with Crippen LogP contribution in [0.2, 0.25) is 0 Å². The second kappa shape index (κ2) is 4.47. The van der Waals surface area contributed by atoms with Gasteiger partial charge in [-0.3, -0.25) is 4.79 Å². The Labute approximate surface area is 90.9 Å². The molecule has 79 valence electrons. The number of benzene rings is 1. The SMILES string of the molecule is CC1CCN(C(=O)c2cc[c]cc2)CC1. The first-order valence-electron chi connectivity index (χ1n) is 5.53. The van der Waals surface area contributed by atoms with E-state index in [0.717, 1.165) is 37.4 Å². The molecular weight excluding hydrogens is 186 g/mol. The molecule has 1 aliphatic heterocycles. The number of carbonyl (C=O) groups excluding carboxylic acids is 1. The first kappa shape index (κ1) is 10.2. The molecule has 0 saturated carbocycles. The highest BCUT2D eigenvalue weighted by molar-refractivity contribution is 5.94. The zero-order valence-electron chi connectivity index (χ0n) is 9.07. The number of carbonyl (C=O) groups is 1. The zero-order chi connectivity index (χ0) is 10.7. The summed E-state index contributed by atoms with van der Waals surface area (Å²) in [6.07, 6.45) is 2.26. The standard InChI is InChI=1S/C13H16NO/c1-11-7-9-14(10-8-11)13(15)12-5-3-2-4-6-12/h3-6,11H,7-10H2,1H3. The fourth-order valence-corrected chi connectivity index (χ4v) is 1.92. The van der Waals surface area contributed by atoms with E-state index in [1.807, 2.05) is 17.0 Å². The minimum atomic E-state index is 0.163. The van der Waals surface area contributed by atoms with Gasteiger partial charge < -0.3 is 4.90 Å². The summed E-state index contributed by atoms with van der Waals surface area (Å²) in [6, 6.07) is 10.2. The molecule has 1 fully saturated rings. The summed E-state index contributed by atoms with van der Waals surface area (Å²) in [4.78, 5) is 14.0. The molecule has 15 heavy (non-hydrogen) atoms. The normalized spacial score (nSPS) is 17.8. The Morgan fingerprint density at radius 1 is 1.33 bits per heavy atom. The second-order valence-corrected chi connectivity index (χ2v) is 4.26. The van der Waals surface area contributed by atoms with Crippen molar-refractivity contribution in [2.24, 2.45) is 5.92 Å². The summed E-state index contributed by atoms with van der Waals surface area (Å²) >= 11 is 0. The van der Waals surface area contributed by atoms with Crippen LogP contribution in [0.5, 0.6) is 0 Å². The Morgan fingerprint density at radius 3 is 2.53 bits per heavy atom. The molecule has 0 aromatic heterocycles. The van der Waals surface area contributed by atoms with Crippen LogP contribution in [0.25, 0.3) is 0 Å². The van der Waals surface area contributed by atoms with Gasteiger partial charge in [0.15, 0.2) is 0 Å². The Bertz CT molecular complexity index is 326. The third-order valence-electron chi connectivity index (χ3n) is 3.04. The maximum atomic E-state index is 12.0. The molecule has 0 aliphatic carbocycles. The Hall–Kier alpha value is -1.31. The van der Waals surface area contributed by atoms with E-state index in [4.69, 9.17) is 0 Å². The van der Waals surface area contributed by atoms with Crippen LogP contribution in [-0.4, -0.2) is 23.9 Å². The van der Waals surface area contributed by atoms with Crippen molar-refractivity contribution >= 4 is 5.91 Å². The molecule has 0 bridgehead atoms. The van der Waals surface area contributed by atoms with Crippen LogP contribution in [0.1, 0.15) is 30.1 Å². The Kier molecular flexibility index (Phi) is 3.05. The smallest absolute Gasteiger partial charge is 0.253 e. The third-order valence-corrected chi connectivity index (χ3v) is 3.04. The van der Waals surface area contributed by atoms with Crippen molar-refractivity contribution in [2.45, 2.75) is 19.8 Å². The summed E-state index contributed by atoms with van der Waals surface area (Å²) in [5.41, 5.74) is 0.781. The molecule has 1 radical (unpaired) electrons. The monoisotopic (exact) mass is 202 g/mol. The van der Waals surface area contributed by atoms with Gasteiger partial charge in [-0.25, -0.2) is 0 Å². The van der Waals surface area contributed by atoms with Gasteiger partial charge in [-0.1, -0.05) is 19.1 Å².